The van der Waals surface area contributed by atoms with Crippen molar-refractivity contribution in [1.82, 2.24) is 15.0 Å². The SMILES string of the molecule is CCCCC(C)CO.Nc1nc(N)c2ncc(F)cc2n1. The van der Waals surface area contributed by atoms with Crippen molar-refractivity contribution in [2.45, 2.75) is 33.1 Å². The molecule has 6 nitrogen and oxygen atoms in total. The zero-order valence-corrected chi connectivity index (χ0v) is 12.4. The Balaban J connectivity index is 0.000000240. The van der Waals surface area contributed by atoms with Gasteiger partial charge in [-0.25, -0.2) is 14.4 Å². The molecule has 7 heteroatoms. The number of aliphatic hydroxyl groups excluding tert-OH is 1. The molecule has 0 aliphatic rings. The molecule has 2 rings (SSSR count). The molecule has 0 aliphatic carbocycles. The van der Waals surface area contributed by atoms with Gasteiger partial charge < -0.3 is 16.6 Å². The van der Waals surface area contributed by atoms with Gasteiger partial charge in [-0.2, -0.15) is 4.98 Å². The Labute approximate surface area is 123 Å². The van der Waals surface area contributed by atoms with Crippen molar-refractivity contribution in [1.29, 1.82) is 0 Å². The number of unbranched alkanes of at least 4 members (excludes halogenated alkanes) is 1. The van der Waals surface area contributed by atoms with Crippen molar-refractivity contribution in [2.24, 2.45) is 5.92 Å². The number of hydrogen-bond donors (Lipinski definition) is 3. The van der Waals surface area contributed by atoms with Crippen LogP contribution in [0.15, 0.2) is 12.3 Å². The fraction of sp³-hybridized carbons (Fsp3) is 0.500. The Hall–Kier alpha value is -2.02. The monoisotopic (exact) mass is 295 g/mol. The second kappa shape index (κ2) is 8.31. The highest BCUT2D eigenvalue weighted by Crippen LogP contribution is 2.16. The van der Waals surface area contributed by atoms with Crippen LogP contribution in [0.25, 0.3) is 11.0 Å². The van der Waals surface area contributed by atoms with Gasteiger partial charge in [0.25, 0.3) is 0 Å². The maximum atomic E-state index is 12.7. The van der Waals surface area contributed by atoms with Gasteiger partial charge in [-0.3, -0.25) is 0 Å². The van der Waals surface area contributed by atoms with Crippen molar-refractivity contribution in [2.75, 3.05) is 18.1 Å². The highest BCUT2D eigenvalue weighted by Gasteiger charge is 2.04. The minimum atomic E-state index is -0.481. The molecule has 0 aromatic carbocycles. The largest absolute Gasteiger partial charge is 0.396 e. The summed E-state index contributed by atoms with van der Waals surface area (Å²) in [5, 5.41) is 8.56. The summed E-state index contributed by atoms with van der Waals surface area (Å²) in [5.74, 6) is 0.194. The van der Waals surface area contributed by atoms with Crippen molar-refractivity contribution >= 4 is 22.8 Å². The van der Waals surface area contributed by atoms with Crippen LogP contribution in [0.5, 0.6) is 0 Å². The number of nitrogens with two attached hydrogens (primary N) is 2. The smallest absolute Gasteiger partial charge is 0.222 e. The first-order valence-electron chi connectivity index (χ1n) is 6.93. The molecule has 0 saturated carbocycles. The first-order chi connectivity index (χ1) is 9.97. The Bertz CT molecular complexity index is 573. The third-order valence-corrected chi connectivity index (χ3v) is 2.91. The molecule has 0 saturated heterocycles. The molecular formula is C14H22FN5O. The normalized spacial score (nSPS) is 11.8. The predicted molar refractivity (Wildman–Crippen MR) is 81.9 cm³/mol. The van der Waals surface area contributed by atoms with Crippen molar-refractivity contribution in [3.05, 3.63) is 18.1 Å². The van der Waals surface area contributed by atoms with E-state index >= 15 is 0 Å². The number of pyridine rings is 1. The second-order valence-electron chi connectivity index (χ2n) is 4.92. The molecule has 0 fully saturated rings. The number of fused-ring (bicyclic) bond motifs is 1. The van der Waals surface area contributed by atoms with E-state index in [0.29, 0.717) is 23.6 Å². The van der Waals surface area contributed by atoms with E-state index in [-0.39, 0.29) is 11.8 Å². The van der Waals surface area contributed by atoms with Gasteiger partial charge in [-0.05, 0) is 12.3 Å². The van der Waals surface area contributed by atoms with Gasteiger partial charge in [0.05, 0.1) is 11.7 Å². The Morgan fingerprint density at radius 3 is 2.67 bits per heavy atom. The van der Waals surface area contributed by atoms with Crippen molar-refractivity contribution in [3.63, 3.8) is 0 Å². The summed E-state index contributed by atoms with van der Waals surface area (Å²) in [4.78, 5) is 11.2. The molecule has 2 heterocycles. The highest BCUT2D eigenvalue weighted by atomic mass is 19.1. The number of nitrogen functional groups attached to an aromatic ring is 2. The number of aromatic nitrogens is 3. The van der Waals surface area contributed by atoms with E-state index in [9.17, 15) is 4.39 Å². The summed E-state index contributed by atoms with van der Waals surface area (Å²) < 4.78 is 12.7. The minimum absolute atomic E-state index is 0.0115. The van der Waals surface area contributed by atoms with Gasteiger partial charge in [0, 0.05) is 12.7 Å². The molecule has 2 aromatic heterocycles. The zero-order valence-electron chi connectivity index (χ0n) is 12.4. The van der Waals surface area contributed by atoms with Crippen LogP contribution >= 0.6 is 0 Å². The lowest BCUT2D eigenvalue weighted by molar-refractivity contribution is 0.228. The molecule has 116 valence electrons. The first-order valence-corrected chi connectivity index (χ1v) is 6.93. The molecule has 1 unspecified atom stereocenters. The van der Waals surface area contributed by atoms with E-state index in [1.54, 1.807) is 0 Å². The molecule has 21 heavy (non-hydrogen) atoms. The summed E-state index contributed by atoms with van der Waals surface area (Å²) in [7, 11) is 0. The van der Waals surface area contributed by atoms with E-state index in [1.807, 2.05) is 0 Å². The second-order valence-corrected chi connectivity index (χ2v) is 4.92. The van der Waals surface area contributed by atoms with Crippen LogP contribution in [0.1, 0.15) is 33.1 Å². The number of nitrogens with zero attached hydrogens (tertiary/aromatic N) is 3. The molecule has 1 atom stereocenters. The number of halogens is 1. The minimum Gasteiger partial charge on any atom is -0.396 e. The van der Waals surface area contributed by atoms with Gasteiger partial charge in [-0.15, -0.1) is 0 Å². The predicted octanol–water partition coefficient (Wildman–Crippen LogP) is 2.13. The molecule has 2 aromatic rings. The number of hydrogen-bond acceptors (Lipinski definition) is 6. The van der Waals surface area contributed by atoms with E-state index in [1.165, 1.54) is 25.3 Å². The molecule has 5 N–H and O–H groups in total. The standard InChI is InChI=1S/C7H6FN5.C7H16O/c8-3-1-4-5(11-2-3)6(9)13-7(10)12-4;1-3-4-5-7(2)6-8/h1-2H,(H4,9,10,12,13);7-8H,3-6H2,1-2H3. The van der Waals surface area contributed by atoms with Gasteiger partial charge in [0.2, 0.25) is 5.95 Å². The van der Waals surface area contributed by atoms with Gasteiger partial charge in [0.15, 0.2) is 5.82 Å². The summed E-state index contributed by atoms with van der Waals surface area (Å²) in [6.07, 6.45) is 4.72. The van der Waals surface area contributed by atoms with Crippen LogP contribution < -0.4 is 11.5 Å². The zero-order chi connectivity index (χ0) is 15.8. The third kappa shape index (κ3) is 5.47. The molecule has 0 aliphatic heterocycles. The lowest BCUT2D eigenvalue weighted by Crippen LogP contribution is -2.01. The molecule has 0 bridgehead atoms. The van der Waals surface area contributed by atoms with Crippen LogP contribution in [0.3, 0.4) is 0 Å². The van der Waals surface area contributed by atoms with E-state index < -0.39 is 5.82 Å². The number of anilines is 2. The Kier molecular flexibility index (Phi) is 6.74. The third-order valence-electron chi connectivity index (χ3n) is 2.91. The quantitative estimate of drug-likeness (QED) is 0.796. The fourth-order valence-electron chi connectivity index (χ4n) is 1.68. The Morgan fingerprint density at radius 2 is 2.05 bits per heavy atom. The molecule has 0 spiro atoms. The average Bonchev–Trinajstić information content (AvgIpc) is 2.44. The summed E-state index contributed by atoms with van der Waals surface area (Å²) in [5.41, 5.74) is 11.5. The maximum Gasteiger partial charge on any atom is 0.222 e. The fourth-order valence-corrected chi connectivity index (χ4v) is 1.68. The van der Waals surface area contributed by atoms with Crippen LogP contribution in [-0.2, 0) is 0 Å². The van der Waals surface area contributed by atoms with Crippen molar-refractivity contribution < 1.29 is 9.50 Å². The van der Waals surface area contributed by atoms with Gasteiger partial charge in [-0.1, -0.05) is 26.7 Å². The molecule has 0 radical (unpaired) electrons. The highest BCUT2D eigenvalue weighted by molar-refractivity contribution is 5.84. The van der Waals surface area contributed by atoms with Gasteiger partial charge >= 0.3 is 0 Å². The first kappa shape index (κ1) is 17.0. The lowest BCUT2D eigenvalue weighted by atomic mass is 10.1. The topological polar surface area (TPSA) is 111 Å². The van der Waals surface area contributed by atoms with E-state index in [2.05, 4.69) is 28.8 Å². The van der Waals surface area contributed by atoms with Crippen LogP contribution in [-0.4, -0.2) is 26.7 Å². The van der Waals surface area contributed by atoms with Crippen molar-refractivity contribution in [3.8, 4) is 0 Å². The lowest BCUT2D eigenvalue weighted by Gasteiger charge is -2.03. The van der Waals surface area contributed by atoms with Crippen LogP contribution in [0, 0.1) is 11.7 Å². The number of aliphatic hydroxyl groups is 1. The summed E-state index contributed by atoms with van der Waals surface area (Å²) in [6.45, 7) is 4.60. The van der Waals surface area contributed by atoms with E-state index in [4.69, 9.17) is 16.6 Å². The molecule has 0 amide bonds. The van der Waals surface area contributed by atoms with Gasteiger partial charge in [0.1, 0.15) is 11.3 Å². The summed E-state index contributed by atoms with van der Waals surface area (Å²) >= 11 is 0. The summed E-state index contributed by atoms with van der Waals surface area (Å²) in [6, 6.07) is 1.21. The average molecular weight is 295 g/mol. The van der Waals surface area contributed by atoms with E-state index in [0.717, 1.165) is 6.20 Å². The van der Waals surface area contributed by atoms with Crippen LogP contribution in [0.2, 0.25) is 0 Å². The maximum absolute atomic E-state index is 12.7. The number of rotatable bonds is 4. The van der Waals surface area contributed by atoms with Crippen LogP contribution in [0.4, 0.5) is 16.2 Å². The molecular weight excluding hydrogens is 273 g/mol. The Morgan fingerprint density at radius 1 is 1.33 bits per heavy atom.